The lowest BCUT2D eigenvalue weighted by atomic mass is 10.2. The van der Waals surface area contributed by atoms with Gasteiger partial charge in [0.15, 0.2) is 5.15 Å². The molecule has 0 saturated heterocycles. The average Bonchev–Trinajstić information content (AvgIpc) is 1.86. The van der Waals surface area contributed by atoms with E-state index < -0.39 is 5.15 Å². The van der Waals surface area contributed by atoms with E-state index in [0.717, 1.165) is 5.56 Å². The van der Waals surface area contributed by atoms with Gasteiger partial charge in [-0.15, -0.1) is 0 Å². The standard InChI is InChI=1S/C8H11FP2/c1-6-2-4-7(5-3-6)8(9,10)11/h2-5H,10-11H2,1H3. The van der Waals surface area contributed by atoms with Crippen LogP contribution in [0.2, 0.25) is 0 Å². The molecule has 0 spiro atoms. The lowest BCUT2D eigenvalue weighted by Crippen LogP contribution is -1.98. The van der Waals surface area contributed by atoms with Crippen molar-refractivity contribution < 1.29 is 4.39 Å². The highest BCUT2D eigenvalue weighted by atomic mass is 31.1. The second kappa shape index (κ2) is 3.17. The average molecular weight is 188 g/mol. The van der Waals surface area contributed by atoms with Crippen LogP contribution in [0.15, 0.2) is 24.3 Å². The van der Waals surface area contributed by atoms with Crippen LogP contribution in [0, 0.1) is 6.92 Å². The zero-order chi connectivity index (χ0) is 8.48. The maximum atomic E-state index is 13.2. The Bertz CT molecular complexity index is 235. The number of hydrogen-bond acceptors (Lipinski definition) is 0. The van der Waals surface area contributed by atoms with E-state index in [1.807, 2.05) is 19.1 Å². The highest BCUT2D eigenvalue weighted by molar-refractivity contribution is 7.38. The van der Waals surface area contributed by atoms with E-state index in [-0.39, 0.29) is 0 Å². The van der Waals surface area contributed by atoms with E-state index in [4.69, 9.17) is 0 Å². The first kappa shape index (κ1) is 9.10. The van der Waals surface area contributed by atoms with Gasteiger partial charge in [0, 0.05) is 0 Å². The number of hydrogen-bond donors (Lipinski definition) is 0. The summed E-state index contributed by atoms with van der Waals surface area (Å²) in [7, 11) is 4.28. The predicted octanol–water partition coefficient (Wildman–Crippen LogP) is 2.83. The minimum Gasteiger partial charge on any atom is -0.230 e. The molecule has 2 unspecified atom stereocenters. The minimum atomic E-state index is -1.38. The minimum absolute atomic E-state index is 0.665. The predicted molar refractivity (Wildman–Crippen MR) is 53.4 cm³/mol. The Morgan fingerprint density at radius 3 is 2.00 bits per heavy atom. The van der Waals surface area contributed by atoms with Crippen molar-refractivity contribution in [3.05, 3.63) is 35.4 Å². The molecule has 1 aromatic carbocycles. The third kappa shape index (κ3) is 2.51. The van der Waals surface area contributed by atoms with Gasteiger partial charge >= 0.3 is 0 Å². The molecule has 0 saturated carbocycles. The van der Waals surface area contributed by atoms with E-state index in [1.54, 1.807) is 12.1 Å². The normalized spacial score (nSPS) is 11.6. The highest BCUT2D eigenvalue weighted by Gasteiger charge is 2.17. The molecule has 0 aromatic heterocycles. The Hall–Kier alpha value is 0.01000. The fourth-order valence-electron chi connectivity index (χ4n) is 0.809. The van der Waals surface area contributed by atoms with Crippen molar-refractivity contribution in [1.29, 1.82) is 0 Å². The Morgan fingerprint density at radius 1 is 1.18 bits per heavy atom. The van der Waals surface area contributed by atoms with Gasteiger partial charge in [-0.1, -0.05) is 48.3 Å². The zero-order valence-electron chi connectivity index (χ0n) is 6.34. The van der Waals surface area contributed by atoms with Gasteiger partial charge in [0.25, 0.3) is 0 Å². The first-order valence-electron chi connectivity index (χ1n) is 3.34. The maximum Gasteiger partial charge on any atom is 0.160 e. The summed E-state index contributed by atoms with van der Waals surface area (Å²) in [6.07, 6.45) is 0. The largest absolute Gasteiger partial charge is 0.230 e. The van der Waals surface area contributed by atoms with Gasteiger partial charge in [0.05, 0.1) is 0 Å². The molecule has 3 heteroatoms. The van der Waals surface area contributed by atoms with Crippen molar-refractivity contribution >= 4 is 18.5 Å². The van der Waals surface area contributed by atoms with Crippen LogP contribution in [0.5, 0.6) is 0 Å². The fourth-order valence-corrected chi connectivity index (χ4v) is 1.19. The summed E-state index contributed by atoms with van der Waals surface area (Å²) in [6, 6.07) is 7.38. The molecule has 1 rings (SSSR count). The van der Waals surface area contributed by atoms with Crippen molar-refractivity contribution in [2.75, 3.05) is 0 Å². The van der Waals surface area contributed by atoms with Gasteiger partial charge in [-0.3, -0.25) is 0 Å². The van der Waals surface area contributed by atoms with E-state index in [9.17, 15) is 4.39 Å². The number of benzene rings is 1. The molecule has 0 radical (unpaired) electrons. The lowest BCUT2D eigenvalue weighted by molar-refractivity contribution is 0.423. The Kier molecular flexibility index (Phi) is 2.62. The molecule has 1 aromatic rings. The molecular weight excluding hydrogens is 177 g/mol. The molecule has 0 aliphatic heterocycles. The van der Waals surface area contributed by atoms with Crippen molar-refractivity contribution in [1.82, 2.24) is 0 Å². The molecule has 0 bridgehead atoms. The van der Waals surface area contributed by atoms with Crippen LogP contribution in [0.25, 0.3) is 0 Å². The molecule has 0 nitrogen and oxygen atoms in total. The second-order valence-corrected chi connectivity index (χ2v) is 4.98. The smallest absolute Gasteiger partial charge is 0.160 e. The Balaban J connectivity index is 2.99. The van der Waals surface area contributed by atoms with Gasteiger partial charge < -0.3 is 0 Å². The molecule has 60 valence electrons. The molecule has 0 fully saturated rings. The summed E-state index contributed by atoms with van der Waals surface area (Å²) in [5.74, 6) is 0. The van der Waals surface area contributed by atoms with Crippen LogP contribution < -0.4 is 0 Å². The van der Waals surface area contributed by atoms with Crippen LogP contribution in [0.4, 0.5) is 4.39 Å². The van der Waals surface area contributed by atoms with E-state index in [1.165, 1.54) is 0 Å². The SMILES string of the molecule is Cc1ccc(C(F)(P)P)cc1. The van der Waals surface area contributed by atoms with E-state index >= 15 is 0 Å². The van der Waals surface area contributed by atoms with Gasteiger partial charge in [-0.25, -0.2) is 4.39 Å². The summed E-state index contributed by atoms with van der Waals surface area (Å²) in [6.45, 7) is 1.98. The molecule has 0 N–H and O–H groups in total. The summed E-state index contributed by atoms with van der Waals surface area (Å²) in [5, 5.41) is -1.38. The van der Waals surface area contributed by atoms with Gasteiger partial charge in [0.2, 0.25) is 0 Å². The van der Waals surface area contributed by atoms with Crippen molar-refractivity contribution in [2.45, 2.75) is 12.1 Å². The first-order valence-corrected chi connectivity index (χ1v) is 4.49. The summed E-state index contributed by atoms with van der Waals surface area (Å²) in [4.78, 5) is 0. The Morgan fingerprint density at radius 2 is 1.64 bits per heavy atom. The number of rotatable bonds is 1. The first-order chi connectivity index (χ1) is 5.00. The molecule has 0 aliphatic carbocycles. The lowest BCUT2D eigenvalue weighted by Gasteiger charge is -2.13. The molecule has 0 amide bonds. The molecule has 0 heterocycles. The maximum absolute atomic E-state index is 13.2. The zero-order valence-corrected chi connectivity index (χ0v) is 8.65. The summed E-state index contributed by atoms with van der Waals surface area (Å²) >= 11 is 0. The van der Waals surface area contributed by atoms with Crippen molar-refractivity contribution in [2.24, 2.45) is 0 Å². The van der Waals surface area contributed by atoms with Crippen LogP contribution in [-0.2, 0) is 5.15 Å². The quantitative estimate of drug-likeness (QED) is 0.594. The molecule has 11 heavy (non-hydrogen) atoms. The van der Waals surface area contributed by atoms with Gasteiger partial charge in [0.1, 0.15) is 0 Å². The Labute approximate surface area is 71.0 Å². The highest BCUT2D eigenvalue weighted by Crippen LogP contribution is 2.39. The molecule has 2 atom stereocenters. The van der Waals surface area contributed by atoms with Crippen LogP contribution in [0.1, 0.15) is 11.1 Å². The topological polar surface area (TPSA) is 0 Å². The van der Waals surface area contributed by atoms with Crippen LogP contribution >= 0.6 is 18.5 Å². The molecule has 0 aliphatic rings. The third-order valence-electron chi connectivity index (χ3n) is 1.49. The van der Waals surface area contributed by atoms with E-state index in [2.05, 4.69) is 18.5 Å². The number of alkyl halides is 1. The van der Waals surface area contributed by atoms with Gasteiger partial charge in [-0.05, 0) is 12.5 Å². The van der Waals surface area contributed by atoms with Crippen LogP contribution in [0.3, 0.4) is 0 Å². The second-order valence-electron chi connectivity index (χ2n) is 2.63. The monoisotopic (exact) mass is 188 g/mol. The summed E-state index contributed by atoms with van der Waals surface area (Å²) < 4.78 is 13.2. The van der Waals surface area contributed by atoms with Crippen LogP contribution in [-0.4, -0.2) is 0 Å². The van der Waals surface area contributed by atoms with E-state index in [0.29, 0.717) is 5.56 Å². The summed E-state index contributed by atoms with van der Waals surface area (Å²) in [5.41, 5.74) is 1.81. The van der Waals surface area contributed by atoms with Crippen molar-refractivity contribution in [3.63, 3.8) is 0 Å². The number of aryl methyl sites for hydroxylation is 1. The number of halogens is 1. The fraction of sp³-hybridized carbons (Fsp3) is 0.250. The third-order valence-corrected chi connectivity index (χ3v) is 2.16. The molecular formula is C8H11FP2. The van der Waals surface area contributed by atoms with Crippen molar-refractivity contribution in [3.8, 4) is 0 Å². The van der Waals surface area contributed by atoms with Gasteiger partial charge in [-0.2, -0.15) is 0 Å².